The summed E-state index contributed by atoms with van der Waals surface area (Å²) in [7, 11) is 1.41. The maximum absolute atomic E-state index is 12.9. The summed E-state index contributed by atoms with van der Waals surface area (Å²) in [6.45, 7) is 1.33. The molecule has 0 aliphatic carbocycles. The highest BCUT2D eigenvalue weighted by Crippen LogP contribution is 2.08. The number of amides is 2. The Kier molecular flexibility index (Phi) is 5.60. The van der Waals surface area contributed by atoms with E-state index in [9.17, 15) is 19.1 Å². The number of carbonyl (C=O) groups is 2. The molecule has 0 aliphatic heterocycles. The number of hydrogen-bond donors (Lipinski definition) is 3. The van der Waals surface area contributed by atoms with E-state index < -0.39 is 23.2 Å². The number of carbonyl (C=O) groups excluding carboxylic acids is 2. The molecule has 1 aromatic rings. The number of benzene rings is 1. The van der Waals surface area contributed by atoms with Crippen LogP contribution in [0.2, 0.25) is 0 Å². The van der Waals surface area contributed by atoms with Gasteiger partial charge in [-0.25, -0.2) is 4.39 Å². The van der Waals surface area contributed by atoms with Gasteiger partial charge in [0, 0.05) is 19.3 Å². The number of rotatable bonds is 5. The van der Waals surface area contributed by atoms with Gasteiger partial charge in [0.2, 0.25) is 0 Å². The fraction of sp³-hybridized carbons (Fsp3) is 0.385. The van der Waals surface area contributed by atoms with Gasteiger partial charge in [-0.3, -0.25) is 9.59 Å². The second kappa shape index (κ2) is 6.97. The van der Waals surface area contributed by atoms with Gasteiger partial charge in [-0.1, -0.05) is 6.07 Å². The molecule has 0 saturated carbocycles. The maximum atomic E-state index is 12.9. The van der Waals surface area contributed by atoms with Crippen LogP contribution in [0.1, 0.15) is 6.92 Å². The quantitative estimate of drug-likeness (QED) is 0.678. The molecule has 7 heteroatoms. The zero-order chi connectivity index (χ0) is 15.2. The summed E-state index contributed by atoms with van der Waals surface area (Å²) in [6.07, 6.45) is 0. The molecule has 0 heterocycles. The molecule has 0 fully saturated rings. The Labute approximate surface area is 115 Å². The minimum absolute atomic E-state index is 0.0127. The van der Waals surface area contributed by atoms with Crippen molar-refractivity contribution in [2.75, 3.05) is 25.6 Å². The first-order valence-electron chi connectivity index (χ1n) is 5.90. The van der Waals surface area contributed by atoms with Crippen LogP contribution < -0.4 is 10.6 Å². The first-order chi connectivity index (χ1) is 9.34. The van der Waals surface area contributed by atoms with Gasteiger partial charge in [-0.15, -0.1) is 0 Å². The van der Waals surface area contributed by atoms with Crippen molar-refractivity contribution >= 4 is 17.5 Å². The number of methoxy groups -OCH3 is 1. The first kappa shape index (κ1) is 16.1. The Bertz CT molecular complexity index is 491. The van der Waals surface area contributed by atoms with Gasteiger partial charge in [-0.2, -0.15) is 0 Å². The minimum atomic E-state index is -1.27. The predicted octanol–water partition coefficient (Wildman–Crippen LogP) is 0.278. The lowest BCUT2D eigenvalue weighted by Crippen LogP contribution is -2.46. The highest BCUT2D eigenvalue weighted by Gasteiger charge is 2.23. The lowest BCUT2D eigenvalue weighted by molar-refractivity contribution is -0.137. The summed E-state index contributed by atoms with van der Waals surface area (Å²) >= 11 is 0. The molecular formula is C13H17FN2O4. The van der Waals surface area contributed by atoms with Gasteiger partial charge in [0.05, 0.1) is 6.61 Å². The number of hydrogen-bond acceptors (Lipinski definition) is 4. The van der Waals surface area contributed by atoms with Crippen LogP contribution in [0, 0.1) is 5.82 Å². The average Bonchev–Trinajstić information content (AvgIpc) is 2.36. The molecule has 110 valence electrons. The molecule has 0 bridgehead atoms. The number of anilines is 1. The molecule has 20 heavy (non-hydrogen) atoms. The summed E-state index contributed by atoms with van der Waals surface area (Å²) < 4.78 is 17.7. The average molecular weight is 284 g/mol. The van der Waals surface area contributed by atoms with Crippen molar-refractivity contribution in [3.05, 3.63) is 30.1 Å². The van der Waals surface area contributed by atoms with E-state index in [-0.39, 0.29) is 18.8 Å². The van der Waals surface area contributed by atoms with Crippen LogP contribution in [0.4, 0.5) is 10.1 Å². The molecule has 1 rings (SSSR count). The molecule has 2 amide bonds. The van der Waals surface area contributed by atoms with E-state index in [0.29, 0.717) is 0 Å². The van der Waals surface area contributed by atoms with Crippen molar-refractivity contribution in [2.24, 2.45) is 0 Å². The van der Waals surface area contributed by atoms with E-state index in [4.69, 9.17) is 4.74 Å². The van der Waals surface area contributed by atoms with E-state index in [2.05, 4.69) is 10.6 Å². The van der Waals surface area contributed by atoms with Gasteiger partial charge in [0.1, 0.15) is 11.4 Å². The van der Waals surface area contributed by atoms with Crippen molar-refractivity contribution in [2.45, 2.75) is 12.5 Å². The summed E-state index contributed by atoms with van der Waals surface area (Å²) in [4.78, 5) is 23.1. The zero-order valence-corrected chi connectivity index (χ0v) is 11.3. The second-order valence-corrected chi connectivity index (χ2v) is 4.58. The number of halogens is 1. The van der Waals surface area contributed by atoms with Crippen LogP contribution in [0.3, 0.4) is 0 Å². The third-order valence-corrected chi connectivity index (χ3v) is 2.37. The second-order valence-electron chi connectivity index (χ2n) is 4.58. The van der Waals surface area contributed by atoms with Gasteiger partial charge < -0.3 is 20.5 Å². The standard InChI is InChI=1S/C13H17FN2O4/c1-13(19,8-20-2)7-15-11(17)12(18)16-10-5-3-4-9(14)6-10/h3-6,19H,7-8H2,1-2H3,(H,15,17)(H,16,18)/t13-/m1/s1. The predicted molar refractivity (Wildman–Crippen MR) is 70.5 cm³/mol. The van der Waals surface area contributed by atoms with Gasteiger partial charge >= 0.3 is 11.8 Å². The van der Waals surface area contributed by atoms with Crippen LogP contribution >= 0.6 is 0 Å². The summed E-state index contributed by atoms with van der Waals surface area (Å²) in [5.41, 5.74) is -1.10. The Balaban J connectivity index is 2.50. The van der Waals surface area contributed by atoms with E-state index in [1.165, 1.54) is 32.2 Å². The fourth-order valence-electron chi connectivity index (χ4n) is 1.47. The Hall–Kier alpha value is -1.99. The normalized spacial score (nSPS) is 13.4. The zero-order valence-electron chi connectivity index (χ0n) is 11.3. The lowest BCUT2D eigenvalue weighted by Gasteiger charge is -2.22. The summed E-state index contributed by atoms with van der Waals surface area (Å²) in [6, 6.07) is 5.17. The minimum Gasteiger partial charge on any atom is -0.386 e. The Morgan fingerprint density at radius 1 is 1.40 bits per heavy atom. The van der Waals surface area contributed by atoms with E-state index in [0.717, 1.165) is 6.07 Å². The van der Waals surface area contributed by atoms with Crippen LogP contribution in [0.15, 0.2) is 24.3 Å². The van der Waals surface area contributed by atoms with Crippen molar-refractivity contribution in [3.63, 3.8) is 0 Å². The van der Waals surface area contributed by atoms with E-state index in [1.807, 2.05) is 0 Å². The van der Waals surface area contributed by atoms with Crippen LogP contribution in [-0.2, 0) is 14.3 Å². The number of nitrogens with one attached hydrogen (secondary N) is 2. The van der Waals surface area contributed by atoms with Gasteiger partial charge in [-0.05, 0) is 25.1 Å². The Morgan fingerprint density at radius 3 is 2.70 bits per heavy atom. The third-order valence-electron chi connectivity index (χ3n) is 2.37. The van der Waals surface area contributed by atoms with E-state index >= 15 is 0 Å². The van der Waals surface area contributed by atoms with Gasteiger partial charge in [0.25, 0.3) is 0 Å². The van der Waals surface area contributed by atoms with Crippen molar-refractivity contribution < 1.29 is 23.8 Å². The maximum Gasteiger partial charge on any atom is 0.313 e. The molecular weight excluding hydrogens is 267 g/mol. The number of ether oxygens (including phenoxy) is 1. The molecule has 0 saturated heterocycles. The molecule has 1 atom stereocenters. The monoisotopic (exact) mass is 284 g/mol. The largest absolute Gasteiger partial charge is 0.386 e. The molecule has 0 aromatic heterocycles. The van der Waals surface area contributed by atoms with Crippen LogP contribution in [0.5, 0.6) is 0 Å². The Morgan fingerprint density at radius 2 is 2.10 bits per heavy atom. The SMILES string of the molecule is COC[C@](C)(O)CNC(=O)C(=O)Nc1cccc(F)c1. The van der Waals surface area contributed by atoms with Gasteiger partial charge in [0.15, 0.2) is 0 Å². The summed E-state index contributed by atoms with van der Waals surface area (Å²) in [5, 5.41) is 14.3. The molecule has 6 nitrogen and oxygen atoms in total. The third kappa shape index (κ3) is 5.33. The highest BCUT2D eigenvalue weighted by molar-refractivity contribution is 6.39. The molecule has 0 unspecified atom stereocenters. The molecule has 0 spiro atoms. The van der Waals surface area contributed by atoms with Crippen molar-refractivity contribution in [1.82, 2.24) is 5.32 Å². The molecule has 1 aromatic carbocycles. The lowest BCUT2D eigenvalue weighted by atomic mass is 10.1. The highest BCUT2D eigenvalue weighted by atomic mass is 19.1. The number of aliphatic hydroxyl groups is 1. The first-order valence-corrected chi connectivity index (χ1v) is 5.90. The summed E-state index contributed by atoms with van der Waals surface area (Å²) in [5.74, 6) is -2.39. The molecule has 0 radical (unpaired) electrons. The van der Waals surface area contributed by atoms with Crippen molar-refractivity contribution in [3.8, 4) is 0 Å². The molecule has 0 aliphatic rings. The van der Waals surface area contributed by atoms with Crippen molar-refractivity contribution in [1.29, 1.82) is 0 Å². The topological polar surface area (TPSA) is 87.7 Å². The fourth-order valence-corrected chi connectivity index (χ4v) is 1.47. The van der Waals surface area contributed by atoms with E-state index in [1.54, 1.807) is 0 Å². The van der Waals surface area contributed by atoms with Crippen LogP contribution in [-0.4, -0.2) is 42.8 Å². The smallest absolute Gasteiger partial charge is 0.313 e. The van der Waals surface area contributed by atoms with Crippen LogP contribution in [0.25, 0.3) is 0 Å². The molecule has 3 N–H and O–H groups in total.